The maximum Gasteiger partial charge on any atom is 0.298 e. The first-order chi connectivity index (χ1) is 19.4. The maximum absolute atomic E-state index is 14.0. The molecule has 3 aromatic carbocycles. The van der Waals surface area contributed by atoms with E-state index in [1.54, 1.807) is 40.9 Å². The number of benzene rings is 3. The molecule has 11 heteroatoms. The molecule has 0 bridgehead atoms. The molecule has 0 saturated heterocycles. The summed E-state index contributed by atoms with van der Waals surface area (Å²) < 4.78 is 69.4. The lowest BCUT2D eigenvalue weighted by Crippen LogP contribution is -2.38. The third-order valence-corrected chi connectivity index (χ3v) is 8.31. The van der Waals surface area contributed by atoms with Crippen LogP contribution in [-0.2, 0) is 30.0 Å². The van der Waals surface area contributed by atoms with Gasteiger partial charge in [-0.3, -0.25) is 14.0 Å². The van der Waals surface area contributed by atoms with E-state index in [4.69, 9.17) is 4.74 Å². The van der Waals surface area contributed by atoms with Gasteiger partial charge in [-0.1, -0.05) is 19.1 Å². The number of carbonyl (C=O) groups is 1. The van der Waals surface area contributed by atoms with E-state index in [2.05, 4.69) is 5.10 Å². The van der Waals surface area contributed by atoms with Crippen molar-refractivity contribution in [2.24, 2.45) is 7.05 Å². The molecular weight excluding hydrogens is 552 g/mol. The Hall–Kier alpha value is -4.09. The Bertz CT molecular complexity index is 1760. The summed E-state index contributed by atoms with van der Waals surface area (Å²) >= 11 is 0. The molecule has 1 unspecified atom stereocenters. The molecule has 1 aliphatic heterocycles. The van der Waals surface area contributed by atoms with E-state index < -0.39 is 27.8 Å². The first kappa shape index (κ1) is 28.4. The number of amides is 1. The van der Waals surface area contributed by atoms with Crippen molar-refractivity contribution in [3.63, 3.8) is 0 Å². The van der Waals surface area contributed by atoms with Gasteiger partial charge in [0.25, 0.3) is 16.0 Å². The zero-order chi connectivity index (χ0) is 29.6. The van der Waals surface area contributed by atoms with Crippen molar-refractivity contribution in [2.75, 3.05) is 6.54 Å². The van der Waals surface area contributed by atoms with Gasteiger partial charge in [-0.05, 0) is 74.2 Å². The molecule has 1 aliphatic rings. The summed E-state index contributed by atoms with van der Waals surface area (Å²) in [5.74, 6) is -1.39. The predicted molar refractivity (Wildman–Crippen MR) is 149 cm³/mol. The second kappa shape index (κ2) is 10.7. The number of ether oxygens (including phenoxy) is 1. The highest BCUT2D eigenvalue weighted by molar-refractivity contribution is 7.86. The topological polar surface area (TPSA) is 102 Å². The van der Waals surface area contributed by atoms with Gasteiger partial charge in [0.1, 0.15) is 22.3 Å². The van der Waals surface area contributed by atoms with E-state index in [-0.39, 0.29) is 22.3 Å². The number of carbonyl (C=O) groups excluding carboxylic acids is 1. The molecule has 214 valence electrons. The van der Waals surface area contributed by atoms with Crippen molar-refractivity contribution in [3.8, 4) is 22.8 Å². The maximum atomic E-state index is 14.0. The van der Waals surface area contributed by atoms with Crippen LogP contribution in [0.4, 0.5) is 8.78 Å². The minimum absolute atomic E-state index is 0.0189. The number of halogens is 2. The number of aryl methyl sites for hydroxylation is 2. The molecule has 0 aliphatic carbocycles. The van der Waals surface area contributed by atoms with Gasteiger partial charge in [0.15, 0.2) is 5.75 Å². The third kappa shape index (κ3) is 5.34. The highest BCUT2D eigenvalue weighted by Gasteiger charge is 2.33. The Balaban J connectivity index is 1.45. The van der Waals surface area contributed by atoms with Crippen molar-refractivity contribution < 1.29 is 31.3 Å². The summed E-state index contributed by atoms with van der Waals surface area (Å²) in [5.41, 5.74) is 4.20. The Labute approximate surface area is 236 Å². The van der Waals surface area contributed by atoms with E-state index in [9.17, 15) is 26.5 Å². The van der Waals surface area contributed by atoms with Gasteiger partial charge in [0, 0.05) is 36.3 Å². The van der Waals surface area contributed by atoms with Crippen LogP contribution in [0.2, 0.25) is 0 Å². The molecule has 1 atom stereocenters. The average molecular weight is 582 g/mol. The number of hydrogen-bond acceptors (Lipinski definition) is 5. The normalized spacial score (nSPS) is 15.1. The van der Waals surface area contributed by atoms with Crippen LogP contribution in [0.5, 0.6) is 11.5 Å². The molecule has 4 aromatic rings. The van der Waals surface area contributed by atoms with Crippen LogP contribution in [0.3, 0.4) is 0 Å². The first-order valence-corrected chi connectivity index (χ1v) is 14.5. The summed E-state index contributed by atoms with van der Waals surface area (Å²) in [6, 6.07) is 12.2. The van der Waals surface area contributed by atoms with E-state index >= 15 is 0 Å². The zero-order valence-corrected chi connectivity index (χ0v) is 23.8. The predicted octanol–water partition coefficient (Wildman–Crippen LogP) is 6.03. The van der Waals surface area contributed by atoms with E-state index in [1.165, 1.54) is 24.3 Å². The fourth-order valence-electron chi connectivity index (χ4n) is 5.51. The second-order valence-electron chi connectivity index (χ2n) is 10.1. The molecule has 0 saturated carbocycles. The van der Waals surface area contributed by atoms with Crippen LogP contribution in [0.15, 0.2) is 59.5 Å². The molecule has 1 amide bonds. The molecule has 0 fully saturated rings. The molecule has 0 radical (unpaired) electrons. The average Bonchev–Trinajstić information content (AvgIpc) is 3.24. The molecule has 2 heterocycles. The largest absolute Gasteiger partial charge is 0.456 e. The van der Waals surface area contributed by atoms with Crippen LogP contribution in [0.25, 0.3) is 11.3 Å². The van der Waals surface area contributed by atoms with Gasteiger partial charge >= 0.3 is 0 Å². The van der Waals surface area contributed by atoms with E-state index in [1.807, 2.05) is 20.8 Å². The molecule has 5 rings (SSSR count). The van der Waals surface area contributed by atoms with Crippen LogP contribution in [0, 0.1) is 18.6 Å². The lowest BCUT2D eigenvalue weighted by molar-refractivity contribution is 0.0673. The Kier molecular flexibility index (Phi) is 7.43. The van der Waals surface area contributed by atoms with Crippen molar-refractivity contribution >= 4 is 16.0 Å². The van der Waals surface area contributed by atoms with Gasteiger partial charge < -0.3 is 9.64 Å². The number of rotatable bonds is 6. The van der Waals surface area contributed by atoms with Crippen LogP contribution < -0.4 is 4.74 Å². The van der Waals surface area contributed by atoms with Crippen LogP contribution >= 0.6 is 0 Å². The standard InChI is InChI=1S/C30H29F2N3O5S/c1-5-24-17(2)9-10-26(41(37,38)39)29(24)40-23-8-6-7-19(15-23)30(36)35-12-11-25-27(18(35)3)33-34(4)28(25)20-13-21(31)16-22(32)14-20/h6-10,13-16,18H,5,11-12H2,1-4H3,(H,37,38,39). The number of aromatic nitrogens is 2. The summed E-state index contributed by atoms with van der Waals surface area (Å²) in [4.78, 5) is 15.0. The van der Waals surface area contributed by atoms with Gasteiger partial charge in [-0.15, -0.1) is 0 Å². The lowest BCUT2D eigenvalue weighted by atomic mass is 9.95. The Morgan fingerprint density at radius 3 is 2.49 bits per heavy atom. The summed E-state index contributed by atoms with van der Waals surface area (Å²) in [7, 11) is -2.86. The number of fused-ring (bicyclic) bond motifs is 1. The molecule has 1 aromatic heterocycles. The SMILES string of the molecule is CCc1c(C)ccc(S(=O)(=O)O)c1Oc1cccc(C(=O)N2CCc3c(nn(C)c3-c3cc(F)cc(F)c3)C2C)c1. The van der Waals surface area contributed by atoms with Crippen molar-refractivity contribution in [1.29, 1.82) is 0 Å². The summed E-state index contributed by atoms with van der Waals surface area (Å²) in [5, 5.41) is 4.60. The Morgan fingerprint density at radius 1 is 1.12 bits per heavy atom. The van der Waals surface area contributed by atoms with Crippen LogP contribution in [-0.4, -0.2) is 40.1 Å². The van der Waals surface area contributed by atoms with Gasteiger partial charge in [-0.25, -0.2) is 8.78 Å². The first-order valence-electron chi connectivity index (χ1n) is 13.1. The number of nitrogens with zero attached hydrogens (tertiary/aromatic N) is 3. The molecule has 41 heavy (non-hydrogen) atoms. The van der Waals surface area contributed by atoms with Gasteiger partial charge in [0.2, 0.25) is 0 Å². The zero-order valence-electron chi connectivity index (χ0n) is 23.0. The molecule has 1 N–H and O–H groups in total. The fourth-order valence-corrected chi connectivity index (χ4v) is 6.15. The molecule has 0 spiro atoms. The molecule has 8 nitrogen and oxygen atoms in total. The van der Waals surface area contributed by atoms with Gasteiger partial charge in [-0.2, -0.15) is 13.5 Å². The third-order valence-electron chi connectivity index (χ3n) is 7.43. The monoisotopic (exact) mass is 581 g/mol. The summed E-state index contributed by atoms with van der Waals surface area (Å²) in [6.45, 7) is 5.86. The second-order valence-corrected chi connectivity index (χ2v) is 11.5. The molecular formula is C30H29F2N3O5S. The smallest absolute Gasteiger partial charge is 0.298 e. The lowest BCUT2D eigenvalue weighted by Gasteiger charge is -2.33. The Morgan fingerprint density at radius 2 is 1.83 bits per heavy atom. The van der Waals surface area contributed by atoms with Crippen molar-refractivity contribution in [2.45, 2.75) is 44.6 Å². The van der Waals surface area contributed by atoms with Crippen molar-refractivity contribution in [3.05, 3.63) is 94.2 Å². The van der Waals surface area contributed by atoms with Crippen LogP contribution in [0.1, 0.15) is 52.6 Å². The highest BCUT2D eigenvalue weighted by atomic mass is 32.2. The van der Waals surface area contributed by atoms with E-state index in [0.29, 0.717) is 47.5 Å². The quantitative estimate of drug-likeness (QED) is 0.279. The minimum atomic E-state index is -4.56. The summed E-state index contributed by atoms with van der Waals surface area (Å²) in [6.07, 6.45) is 0.898. The highest BCUT2D eigenvalue weighted by Crippen LogP contribution is 2.38. The number of hydrogen-bond donors (Lipinski definition) is 1. The minimum Gasteiger partial charge on any atom is -0.456 e. The fraction of sp³-hybridized carbons (Fsp3) is 0.267. The van der Waals surface area contributed by atoms with E-state index in [0.717, 1.165) is 17.2 Å². The van der Waals surface area contributed by atoms with Gasteiger partial charge in [0.05, 0.1) is 17.4 Å². The van der Waals surface area contributed by atoms with Crippen molar-refractivity contribution in [1.82, 2.24) is 14.7 Å².